The summed E-state index contributed by atoms with van der Waals surface area (Å²) in [4.78, 5) is 63.2. The van der Waals surface area contributed by atoms with Gasteiger partial charge in [-0.25, -0.2) is 22.5 Å². The molecule has 2 N–H and O–H groups in total. The van der Waals surface area contributed by atoms with Gasteiger partial charge in [-0.05, 0) is 111 Å². The van der Waals surface area contributed by atoms with Gasteiger partial charge in [-0.2, -0.15) is 13.2 Å². The number of methoxy groups -OCH3 is 1. The lowest BCUT2D eigenvalue weighted by molar-refractivity contribution is -0.144. The molecule has 2 aromatic rings. The zero-order valence-corrected chi connectivity index (χ0v) is 36.7. The van der Waals surface area contributed by atoms with E-state index in [9.17, 15) is 27.6 Å². The van der Waals surface area contributed by atoms with E-state index in [2.05, 4.69) is 15.6 Å². The number of nitrogens with zero attached hydrogens (tertiary/aromatic N) is 4. The number of carbonyl (C=O) groups excluding carboxylic acids is 4. The van der Waals surface area contributed by atoms with Crippen molar-refractivity contribution in [3.8, 4) is 11.5 Å². The van der Waals surface area contributed by atoms with Crippen molar-refractivity contribution in [2.75, 3.05) is 26.7 Å². The molecule has 0 unspecified atom stereocenters. The SMILES string of the molecule is COc1ccc2nc(C(F)(F)F)c(O[C@]3(C)C[C@H]4C(=O)N[C@]5(C(=O)N6C7(CC7)S6(=O)=O)C[C@H]5/C=C\CCCCC[C@H](NC(=O)OC(C)(C)C)C(=O)N4C3)c([C@H](C)N3CCC3)c2c1. The topological polar surface area (TPSA) is 177 Å². The highest BCUT2D eigenvalue weighted by molar-refractivity contribution is 7.98. The Bertz CT molecular complexity index is 2330. The van der Waals surface area contributed by atoms with Crippen molar-refractivity contribution in [3.05, 3.63) is 41.6 Å². The van der Waals surface area contributed by atoms with Gasteiger partial charge in [0, 0.05) is 29.3 Å². The number of allylic oxidation sites excluding steroid dienone is 1. The number of ether oxygens (including phenoxy) is 3. The number of rotatable bonds is 7. The van der Waals surface area contributed by atoms with E-state index in [1.807, 2.05) is 17.1 Å². The minimum atomic E-state index is -4.99. The molecule has 4 amide bonds. The molecule has 15 nitrogen and oxygen atoms in total. The number of alkyl carbamates (subject to hydrolysis) is 1. The first-order chi connectivity index (χ1) is 29.0. The Labute approximate surface area is 359 Å². The zero-order valence-electron chi connectivity index (χ0n) is 35.9. The van der Waals surface area contributed by atoms with Crippen LogP contribution in [0, 0.1) is 5.92 Å². The smallest absolute Gasteiger partial charge is 0.437 e. The molecule has 5 fully saturated rings. The first-order valence-electron chi connectivity index (χ1n) is 21.4. The molecule has 4 aliphatic heterocycles. The molecule has 2 saturated carbocycles. The van der Waals surface area contributed by atoms with Crippen LogP contribution in [-0.4, -0.2) is 112 Å². The van der Waals surface area contributed by atoms with Crippen molar-refractivity contribution in [2.45, 2.75) is 145 Å². The van der Waals surface area contributed by atoms with Crippen LogP contribution in [0.4, 0.5) is 18.0 Å². The molecular formula is C43H55F3N6O9S. The molecule has 1 aromatic heterocycles. The maximum absolute atomic E-state index is 15.2. The largest absolute Gasteiger partial charge is 0.497 e. The molecule has 338 valence electrons. The van der Waals surface area contributed by atoms with E-state index in [-0.39, 0.29) is 30.3 Å². The van der Waals surface area contributed by atoms with Crippen molar-refractivity contribution >= 4 is 44.7 Å². The Balaban J connectivity index is 1.21. The second-order valence-electron chi connectivity index (χ2n) is 18.9. The lowest BCUT2D eigenvalue weighted by atomic mass is 9.95. The molecule has 8 rings (SSSR count). The van der Waals surface area contributed by atoms with Crippen LogP contribution in [0.5, 0.6) is 11.5 Å². The van der Waals surface area contributed by atoms with Crippen LogP contribution in [0.1, 0.15) is 116 Å². The number of halogens is 3. The van der Waals surface area contributed by atoms with E-state index in [0.29, 0.717) is 62.8 Å². The summed E-state index contributed by atoms with van der Waals surface area (Å²) in [5, 5.41) is 5.91. The molecule has 6 aliphatic rings. The van der Waals surface area contributed by atoms with Crippen molar-refractivity contribution in [2.24, 2.45) is 5.92 Å². The highest BCUT2D eigenvalue weighted by atomic mass is 32.2. The van der Waals surface area contributed by atoms with E-state index >= 15 is 13.2 Å². The lowest BCUT2D eigenvalue weighted by Gasteiger charge is -2.39. The molecule has 6 atom stereocenters. The summed E-state index contributed by atoms with van der Waals surface area (Å²) in [5.41, 5.74) is -5.18. The number of likely N-dealkylation sites (tertiary alicyclic amines) is 1. The van der Waals surface area contributed by atoms with E-state index in [4.69, 9.17) is 14.2 Å². The third kappa shape index (κ3) is 7.85. The molecule has 0 radical (unpaired) electrons. The minimum absolute atomic E-state index is 0.0760. The average Bonchev–Trinajstić information content (AvgIpc) is 4.10. The number of alkyl halides is 3. The number of sulfonamides is 1. The van der Waals surface area contributed by atoms with Crippen molar-refractivity contribution in [3.63, 3.8) is 0 Å². The van der Waals surface area contributed by atoms with E-state index in [0.717, 1.165) is 10.7 Å². The summed E-state index contributed by atoms with van der Waals surface area (Å²) in [7, 11) is -2.42. The van der Waals surface area contributed by atoms with Gasteiger partial charge in [-0.3, -0.25) is 19.3 Å². The number of pyridine rings is 1. The summed E-state index contributed by atoms with van der Waals surface area (Å²) < 4.78 is 90.3. The second-order valence-corrected chi connectivity index (χ2v) is 21.0. The average molecular weight is 889 g/mol. The number of aromatic nitrogens is 1. The summed E-state index contributed by atoms with van der Waals surface area (Å²) >= 11 is 0. The molecule has 5 heterocycles. The molecule has 3 saturated heterocycles. The quantitative estimate of drug-likeness (QED) is 0.257. The van der Waals surface area contributed by atoms with Gasteiger partial charge in [0.1, 0.15) is 34.6 Å². The molecule has 1 aromatic carbocycles. The number of carbonyl (C=O) groups is 4. The minimum Gasteiger partial charge on any atom is -0.497 e. The fourth-order valence-corrected chi connectivity index (χ4v) is 11.5. The Morgan fingerprint density at radius 1 is 1.05 bits per heavy atom. The fraction of sp³-hybridized carbons (Fsp3) is 0.651. The van der Waals surface area contributed by atoms with Gasteiger partial charge >= 0.3 is 12.3 Å². The molecule has 0 bridgehead atoms. The highest BCUT2D eigenvalue weighted by Crippen LogP contribution is 2.64. The Morgan fingerprint density at radius 3 is 2.39 bits per heavy atom. The van der Waals surface area contributed by atoms with Gasteiger partial charge in [0.2, 0.25) is 11.8 Å². The molecule has 1 spiro atoms. The van der Waals surface area contributed by atoms with Gasteiger partial charge in [0.15, 0.2) is 16.3 Å². The standard InChI is InChI=1S/C43H55F3N6O9S/c1-25(50-19-12-20-50)32-28-21-27(59-6)15-16-29(28)47-34(43(44,45)46)33(32)60-40(5)23-31-35(53)49-42(37(55)52-41(17-18-41)62(52,57)58)22-26(42)13-10-8-7-9-11-14-30(36(54)51(31)24-40)48-38(56)61-39(2,3)4/h10,13,15-16,21,25-26,30-31H,7-9,11-12,14,17-20,22-24H2,1-6H3,(H,48,56)(H,49,53)/b13-10-/t25-,26+,30-,31-,40+,42+,52?/m0/s1. The maximum atomic E-state index is 15.2. The maximum Gasteiger partial charge on any atom is 0.437 e. The number of fused-ring (bicyclic) bond motifs is 3. The van der Waals surface area contributed by atoms with Gasteiger partial charge in [0.05, 0.1) is 19.2 Å². The summed E-state index contributed by atoms with van der Waals surface area (Å²) in [6.45, 7) is 9.21. The van der Waals surface area contributed by atoms with Crippen LogP contribution in [-0.2, 0) is 35.3 Å². The number of hydrogen-bond donors (Lipinski definition) is 2. The predicted octanol–water partition coefficient (Wildman–Crippen LogP) is 5.72. The third-order valence-corrected chi connectivity index (χ3v) is 15.5. The van der Waals surface area contributed by atoms with Crippen LogP contribution < -0.4 is 20.1 Å². The predicted molar refractivity (Wildman–Crippen MR) is 219 cm³/mol. The van der Waals surface area contributed by atoms with Crippen molar-refractivity contribution in [1.29, 1.82) is 0 Å². The second kappa shape index (κ2) is 15.3. The van der Waals surface area contributed by atoms with Crippen molar-refractivity contribution in [1.82, 2.24) is 29.7 Å². The number of nitrogens with one attached hydrogen (secondary N) is 2. The van der Waals surface area contributed by atoms with Crippen LogP contribution in [0.15, 0.2) is 30.4 Å². The van der Waals surface area contributed by atoms with Gasteiger partial charge < -0.3 is 29.7 Å². The van der Waals surface area contributed by atoms with Crippen molar-refractivity contribution < 1.29 is 55.0 Å². The van der Waals surface area contributed by atoms with Gasteiger partial charge in [-0.15, -0.1) is 0 Å². The van der Waals surface area contributed by atoms with Crippen LogP contribution in [0.3, 0.4) is 0 Å². The molecule has 2 aliphatic carbocycles. The number of amides is 4. The number of hydrogen-bond acceptors (Lipinski definition) is 11. The highest BCUT2D eigenvalue weighted by Gasteiger charge is 2.83. The monoisotopic (exact) mass is 888 g/mol. The fourth-order valence-electron chi connectivity index (χ4n) is 9.43. The molecular weight excluding hydrogens is 834 g/mol. The lowest BCUT2D eigenvalue weighted by Crippen LogP contribution is -2.57. The van der Waals surface area contributed by atoms with E-state index in [1.165, 1.54) is 31.1 Å². The first kappa shape index (κ1) is 44.0. The van der Waals surface area contributed by atoms with E-state index in [1.54, 1.807) is 33.8 Å². The number of benzene rings is 1. The first-order valence-corrected chi connectivity index (χ1v) is 22.9. The van der Waals surface area contributed by atoms with Gasteiger partial charge in [0.25, 0.3) is 15.9 Å². The molecule has 62 heavy (non-hydrogen) atoms. The Kier molecular flexibility index (Phi) is 10.8. The summed E-state index contributed by atoms with van der Waals surface area (Å²) in [6, 6.07) is 1.41. The Hall–Kier alpha value is -4.65. The zero-order chi connectivity index (χ0) is 44.8. The van der Waals surface area contributed by atoms with Gasteiger partial charge in [-0.1, -0.05) is 25.0 Å². The van der Waals surface area contributed by atoms with Crippen LogP contribution >= 0.6 is 0 Å². The summed E-state index contributed by atoms with van der Waals surface area (Å²) in [5.74, 6) is -2.94. The summed E-state index contributed by atoms with van der Waals surface area (Å²) in [6.07, 6.45) is 1.75. The third-order valence-electron chi connectivity index (χ3n) is 13.1. The normalized spacial score (nSPS) is 30.4. The van der Waals surface area contributed by atoms with Crippen LogP contribution in [0.2, 0.25) is 0 Å². The van der Waals surface area contributed by atoms with E-state index < -0.39 is 104 Å². The molecule has 19 heteroatoms. The van der Waals surface area contributed by atoms with Crippen LogP contribution in [0.25, 0.3) is 10.9 Å². The Morgan fingerprint density at radius 2 is 1.77 bits per heavy atom.